The van der Waals surface area contributed by atoms with Crippen molar-refractivity contribution in [1.29, 1.82) is 0 Å². The lowest BCUT2D eigenvalue weighted by Crippen LogP contribution is -2.27. The SMILES string of the molecule is COc1ccc(C(=O)Nc2ccccc2Sc2ccccc2)cc1CN(C)S(=O)(=O)c1ccc(Cl)cc1. The highest BCUT2D eigenvalue weighted by Crippen LogP contribution is 2.33. The zero-order chi connectivity index (χ0) is 26.4. The smallest absolute Gasteiger partial charge is 0.255 e. The fourth-order valence-corrected chi connectivity index (χ4v) is 5.82. The average Bonchev–Trinajstić information content (AvgIpc) is 2.90. The predicted molar refractivity (Wildman–Crippen MR) is 148 cm³/mol. The van der Waals surface area contributed by atoms with Gasteiger partial charge >= 0.3 is 0 Å². The topological polar surface area (TPSA) is 75.7 Å². The molecule has 6 nitrogen and oxygen atoms in total. The van der Waals surface area contributed by atoms with Crippen molar-refractivity contribution in [3.05, 3.63) is 113 Å². The number of anilines is 1. The molecule has 190 valence electrons. The van der Waals surface area contributed by atoms with E-state index in [1.54, 1.807) is 30.0 Å². The quantitative estimate of drug-likeness (QED) is 0.254. The molecular weight excluding hydrogens is 528 g/mol. The van der Waals surface area contributed by atoms with Crippen LogP contribution in [0.1, 0.15) is 15.9 Å². The highest BCUT2D eigenvalue weighted by atomic mass is 35.5. The maximum atomic E-state index is 13.2. The molecule has 4 aromatic carbocycles. The fourth-order valence-electron chi connectivity index (χ4n) is 3.62. The molecule has 4 aromatic rings. The third-order valence-corrected chi connectivity index (χ3v) is 8.72. The Bertz CT molecular complexity index is 1490. The average molecular weight is 553 g/mol. The van der Waals surface area contributed by atoms with Gasteiger partial charge in [-0.3, -0.25) is 4.79 Å². The number of amides is 1. The molecular formula is C28H25ClN2O4S2. The summed E-state index contributed by atoms with van der Waals surface area (Å²) in [5, 5.41) is 3.43. The molecule has 0 aliphatic heterocycles. The molecule has 0 bridgehead atoms. The first-order valence-electron chi connectivity index (χ1n) is 11.3. The minimum absolute atomic E-state index is 0.00962. The fraction of sp³-hybridized carbons (Fsp3) is 0.107. The van der Waals surface area contributed by atoms with Crippen LogP contribution in [0.15, 0.2) is 112 Å². The molecule has 1 N–H and O–H groups in total. The van der Waals surface area contributed by atoms with Crippen LogP contribution in [-0.2, 0) is 16.6 Å². The van der Waals surface area contributed by atoms with E-state index in [0.717, 1.165) is 9.79 Å². The minimum atomic E-state index is -3.78. The number of nitrogens with one attached hydrogen (secondary N) is 1. The third kappa shape index (κ3) is 6.53. The Morgan fingerprint density at radius 1 is 0.946 bits per heavy atom. The van der Waals surface area contributed by atoms with E-state index in [1.807, 2.05) is 54.6 Å². The Labute approximate surface area is 226 Å². The summed E-state index contributed by atoms with van der Waals surface area (Å²) < 4.78 is 32.8. The second kappa shape index (κ2) is 11.8. The number of ether oxygens (including phenoxy) is 1. The first-order valence-corrected chi connectivity index (χ1v) is 13.9. The van der Waals surface area contributed by atoms with Gasteiger partial charge in [0, 0.05) is 39.5 Å². The Hall–Kier alpha value is -3.30. The maximum absolute atomic E-state index is 13.2. The number of sulfonamides is 1. The van der Waals surface area contributed by atoms with Gasteiger partial charge in [-0.2, -0.15) is 4.31 Å². The van der Waals surface area contributed by atoms with Crippen LogP contribution < -0.4 is 10.1 Å². The molecule has 1 amide bonds. The summed E-state index contributed by atoms with van der Waals surface area (Å²) in [7, 11) is -0.797. The molecule has 0 unspecified atom stereocenters. The number of nitrogens with zero attached hydrogens (tertiary/aromatic N) is 1. The van der Waals surface area contributed by atoms with E-state index >= 15 is 0 Å². The number of methoxy groups -OCH3 is 1. The van der Waals surface area contributed by atoms with Crippen LogP contribution in [0.3, 0.4) is 0 Å². The van der Waals surface area contributed by atoms with Crippen molar-refractivity contribution in [3.63, 3.8) is 0 Å². The van der Waals surface area contributed by atoms with Gasteiger partial charge in [-0.25, -0.2) is 8.42 Å². The summed E-state index contributed by atoms with van der Waals surface area (Å²) in [5.41, 5.74) is 1.62. The summed E-state index contributed by atoms with van der Waals surface area (Å²) >= 11 is 7.46. The maximum Gasteiger partial charge on any atom is 0.255 e. The molecule has 0 radical (unpaired) electrons. The third-order valence-electron chi connectivity index (χ3n) is 5.56. The number of carbonyl (C=O) groups is 1. The van der Waals surface area contributed by atoms with Gasteiger partial charge in [-0.05, 0) is 66.7 Å². The van der Waals surface area contributed by atoms with Gasteiger partial charge in [0.1, 0.15) is 5.75 Å². The van der Waals surface area contributed by atoms with Gasteiger partial charge in [-0.1, -0.05) is 53.7 Å². The van der Waals surface area contributed by atoms with Crippen molar-refractivity contribution in [1.82, 2.24) is 4.31 Å². The van der Waals surface area contributed by atoms with E-state index in [-0.39, 0.29) is 17.3 Å². The first-order chi connectivity index (χ1) is 17.8. The summed E-state index contributed by atoms with van der Waals surface area (Å²) in [4.78, 5) is 15.3. The van der Waals surface area contributed by atoms with Gasteiger partial charge in [0.25, 0.3) is 5.91 Å². The summed E-state index contributed by atoms with van der Waals surface area (Å²) in [6.07, 6.45) is 0. The van der Waals surface area contributed by atoms with Gasteiger partial charge in [0.15, 0.2) is 0 Å². The van der Waals surface area contributed by atoms with Crippen molar-refractivity contribution in [2.75, 3.05) is 19.5 Å². The summed E-state index contributed by atoms with van der Waals surface area (Å²) in [6, 6.07) is 28.4. The number of halogens is 1. The molecule has 0 heterocycles. The Kier molecular flexibility index (Phi) is 8.56. The van der Waals surface area contributed by atoms with Crippen LogP contribution in [0.5, 0.6) is 5.75 Å². The lowest BCUT2D eigenvalue weighted by molar-refractivity contribution is 0.102. The standard InChI is InChI=1S/C28H25ClN2O4S2/c1-31(37(33,34)24-15-13-22(29)14-16-24)19-21-18-20(12-17-26(21)35-2)28(32)30-25-10-6-7-11-27(25)36-23-8-4-3-5-9-23/h3-18H,19H2,1-2H3,(H,30,32). The van der Waals surface area contributed by atoms with Gasteiger partial charge in [0.05, 0.1) is 17.7 Å². The molecule has 0 aromatic heterocycles. The molecule has 9 heteroatoms. The number of para-hydroxylation sites is 1. The number of carbonyl (C=O) groups excluding carboxylic acids is 1. The van der Waals surface area contributed by atoms with Crippen molar-refractivity contribution in [2.24, 2.45) is 0 Å². The Balaban J connectivity index is 1.55. The predicted octanol–water partition coefficient (Wildman–Crippen LogP) is 6.57. The van der Waals surface area contributed by atoms with Gasteiger partial charge in [0.2, 0.25) is 10.0 Å². The van der Waals surface area contributed by atoms with Crippen molar-refractivity contribution < 1.29 is 17.9 Å². The number of hydrogen-bond donors (Lipinski definition) is 1. The number of benzene rings is 4. The van der Waals surface area contributed by atoms with Crippen LogP contribution in [0, 0.1) is 0 Å². The van der Waals surface area contributed by atoms with E-state index in [4.69, 9.17) is 16.3 Å². The van der Waals surface area contributed by atoms with Crippen molar-refractivity contribution in [3.8, 4) is 5.75 Å². The largest absolute Gasteiger partial charge is 0.496 e. The molecule has 4 rings (SSSR count). The minimum Gasteiger partial charge on any atom is -0.496 e. The Morgan fingerprint density at radius 3 is 2.32 bits per heavy atom. The molecule has 0 fully saturated rings. The monoisotopic (exact) mass is 552 g/mol. The molecule has 0 aliphatic carbocycles. The van der Waals surface area contributed by atoms with E-state index in [2.05, 4.69) is 5.32 Å². The molecule has 0 spiro atoms. The second-order valence-corrected chi connectivity index (χ2v) is 11.7. The van der Waals surface area contributed by atoms with Crippen molar-refractivity contribution >= 4 is 45.0 Å². The molecule has 0 saturated carbocycles. The van der Waals surface area contributed by atoms with E-state index in [9.17, 15) is 13.2 Å². The zero-order valence-electron chi connectivity index (χ0n) is 20.2. The first kappa shape index (κ1) is 26.8. The summed E-state index contributed by atoms with van der Waals surface area (Å²) in [6.45, 7) is 0.00962. The molecule has 37 heavy (non-hydrogen) atoms. The van der Waals surface area contributed by atoms with Crippen LogP contribution in [-0.4, -0.2) is 32.8 Å². The highest BCUT2D eigenvalue weighted by molar-refractivity contribution is 7.99. The van der Waals surface area contributed by atoms with Crippen molar-refractivity contribution in [2.45, 2.75) is 21.2 Å². The number of rotatable bonds is 9. The zero-order valence-corrected chi connectivity index (χ0v) is 22.6. The normalized spacial score (nSPS) is 11.4. The molecule has 0 saturated heterocycles. The van der Waals surface area contributed by atoms with Gasteiger partial charge in [-0.15, -0.1) is 0 Å². The van der Waals surface area contributed by atoms with Gasteiger partial charge < -0.3 is 10.1 Å². The summed E-state index contributed by atoms with van der Waals surface area (Å²) in [5.74, 6) is 0.169. The highest BCUT2D eigenvalue weighted by Gasteiger charge is 2.23. The van der Waals surface area contributed by atoms with E-state index in [0.29, 0.717) is 27.6 Å². The molecule has 0 aliphatic rings. The van der Waals surface area contributed by atoms with Crippen LogP contribution >= 0.6 is 23.4 Å². The second-order valence-electron chi connectivity index (χ2n) is 8.11. The number of hydrogen-bond acceptors (Lipinski definition) is 5. The van der Waals surface area contributed by atoms with E-state index in [1.165, 1.54) is 42.7 Å². The van der Waals surface area contributed by atoms with E-state index < -0.39 is 10.0 Å². The lowest BCUT2D eigenvalue weighted by Gasteiger charge is -2.19. The molecule has 0 atom stereocenters. The lowest BCUT2D eigenvalue weighted by atomic mass is 10.1. The Morgan fingerprint density at radius 2 is 1.62 bits per heavy atom. The van der Waals surface area contributed by atoms with Crippen LogP contribution in [0.4, 0.5) is 5.69 Å². The van der Waals surface area contributed by atoms with Crippen LogP contribution in [0.25, 0.3) is 0 Å². The van der Waals surface area contributed by atoms with Crippen LogP contribution in [0.2, 0.25) is 5.02 Å².